The first-order valence-corrected chi connectivity index (χ1v) is 15.0. The first-order valence-electron chi connectivity index (χ1n) is 14.2. The molecule has 11 nitrogen and oxygen atoms in total. The second kappa shape index (κ2) is 12.2. The molecule has 0 aliphatic carbocycles. The summed E-state index contributed by atoms with van der Waals surface area (Å²) in [5, 5.41) is 6.43. The van der Waals surface area contributed by atoms with Crippen LogP contribution in [0.5, 0.6) is 11.8 Å². The Morgan fingerprint density at radius 3 is 2.41 bits per heavy atom. The number of nitrogens with one attached hydrogen (secondary N) is 2. The summed E-state index contributed by atoms with van der Waals surface area (Å²) in [6.07, 6.45) is 8.02. The summed E-state index contributed by atoms with van der Waals surface area (Å²) in [6.45, 7) is 2.00. The molecule has 2 aromatic carbocycles. The molecule has 220 valence electrons. The number of urea groups is 1. The lowest BCUT2D eigenvalue weighted by Gasteiger charge is -2.26. The fraction of sp³-hybridized carbons (Fsp3) is 0.188. The van der Waals surface area contributed by atoms with Crippen molar-refractivity contribution in [3.05, 3.63) is 91.0 Å². The van der Waals surface area contributed by atoms with Crippen LogP contribution in [-0.4, -0.2) is 51.6 Å². The molecule has 0 radical (unpaired) electrons. The van der Waals surface area contributed by atoms with Gasteiger partial charge in [0.05, 0.1) is 47.6 Å². The van der Waals surface area contributed by atoms with Gasteiger partial charge in [-0.3, -0.25) is 14.7 Å². The normalized spacial score (nSPS) is 14.7. The van der Waals surface area contributed by atoms with Crippen molar-refractivity contribution >= 4 is 39.8 Å². The number of pyridine rings is 1. The Labute approximate surface area is 256 Å². The second-order valence-electron chi connectivity index (χ2n) is 10.4. The van der Waals surface area contributed by atoms with Crippen LogP contribution >= 0.6 is 11.3 Å². The third-order valence-corrected chi connectivity index (χ3v) is 8.41. The SMILES string of the molecule is O=C(Nc1cnc(Oc2ccc(-c3cnc(N4CCCC4=O)s3)cc2)nc1)Nc1cc(C2COC2)cnc1-c1ccccc1. The molecule has 12 heteroatoms. The van der Waals surface area contributed by atoms with Gasteiger partial charge in [-0.05, 0) is 47.9 Å². The van der Waals surface area contributed by atoms with E-state index in [0.717, 1.165) is 33.1 Å². The lowest BCUT2D eigenvalue weighted by molar-refractivity contribution is -0.117. The summed E-state index contributed by atoms with van der Waals surface area (Å²) in [5.41, 5.74) is 4.55. The fourth-order valence-corrected chi connectivity index (χ4v) is 5.90. The fourth-order valence-electron chi connectivity index (χ4n) is 4.94. The Hall–Kier alpha value is -5.20. The summed E-state index contributed by atoms with van der Waals surface area (Å²) in [7, 11) is 0. The zero-order chi connectivity index (χ0) is 29.9. The van der Waals surface area contributed by atoms with E-state index in [4.69, 9.17) is 9.47 Å². The summed E-state index contributed by atoms with van der Waals surface area (Å²) >= 11 is 1.49. The minimum atomic E-state index is -0.445. The Morgan fingerprint density at radius 2 is 1.70 bits per heavy atom. The van der Waals surface area contributed by atoms with Crippen molar-refractivity contribution in [1.29, 1.82) is 0 Å². The predicted octanol–water partition coefficient (Wildman–Crippen LogP) is 6.34. The average molecular weight is 606 g/mol. The third kappa shape index (κ3) is 5.98. The first kappa shape index (κ1) is 27.6. The van der Waals surface area contributed by atoms with Gasteiger partial charge >= 0.3 is 12.0 Å². The number of carbonyl (C=O) groups is 2. The van der Waals surface area contributed by atoms with E-state index in [1.54, 1.807) is 11.1 Å². The number of hydrogen-bond donors (Lipinski definition) is 2. The van der Waals surface area contributed by atoms with Crippen LogP contribution in [0.25, 0.3) is 21.7 Å². The average Bonchev–Trinajstić information content (AvgIpc) is 3.67. The van der Waals surface area contributed by atoms with E-state index < -0.39 is 6.03 Å². The summed E-state index contributed by atoms with van der Waals surface area (Å²) in [5.74, 6) is 0.945. The second-order valence-corrected chi connectivity index (χ2v) is 11.4. The van der Waals surface area contributed by atoms with Gasteiger partial charge in [-0.25, -0.2) is 19.7 Å². The number of carbonyl (C=O) groups excluding carboxylic acids is 2. The number of amides is 3. The van der Waals surface area contributed by atoms with Gasteiger partial charge < -0.3 is 20.1 Å². The van der Waals surface area contributed by atoms with Crippen molar-refractivity contribution in [3.8, 4) is 33.5 Å². The number of anilines is 3. The zero-order valence-corrected chi connectivity index (χ0v) is 24.3. The van der Waals surface area contributed by atoms with E-state index in [2.05, 4.69) is 30.6 Å². The van der Waals surface area contributed by atoms with E-state index in [0.29, 0.717) is 49.0 Å². The van der Waals surface area contributed by atoms with E-state index in [-0.39, 0.29) is 17.8 Å². The lowest BCUT2D eigenvalue weighted by atomic mass is 9.97. The summed E-state index contributed by atoms with van der Waals surface area (Å²) < 4.78 is 11.1. The van der Waals surface area contributed by atoms with Crippen LogP contribution in [-0.2, 0) is 9.53 Å². The Bertz CT molecular complexity index is 1790. The van der Waals surface area contributed by atoms with Crippen molar-refractivity contribution in [2.45, 2.75) is 18.8 Å². The highest BCUT2D eigenvalue weighted by atomic mass is 32.1. The number of hydrogen-bond acceptors (Lipinski definition) is 9. The maximum Gasteiger partial charge on any atom is 0.323 e. The molecule has 0 unspecified atom stereocenters. The van der Waals surface area contributed by atoms with Gasteiger partial charge in [0.2, 0.25) is 5.91 Å². The standard InChI is InChI=1S/C32H27N7O4S/c40-28-7-4-12-39(28)32-36-17-27(44-32)20-8-10-25(11-9-20)43-31-34-15-24(16-35-31)37-30(41)38-26-13-22(23-18-42-19-23)14-33-29(26)21-5-2-1-3-6-21/h1-3,5-6,8-11,13-17,23H,4,7,12,18-19H2,(H2,37,38,41). The lowest BCUT2D eigenvalue weighted by Crippen LogP contribution is -2.26. The van der Waals surface area contributed by atoms with Gasteiger partial charge in [-0.2, -0.15) is 0 Å². The topological polar surface area (TPSA) is 131 Å². The van der Waals surface area contributed by atoms with Crippen LogP contribution in [0.3, 0.4) is 0 Å². The highest BCUT2D eigenvalue weighted by molar-refractivity contribution is 7.19. The molecule has 7 rings (SSSR count). The van der Waals surface area contributed by atoms with Gasteiger partial charge in [0.15, 0.2) is 5.13 Å². The van der Waals surface area contributed by atoms with E-state index in [1.807, 2.05) is 66.9 Å². The maximum atomic E-state index is 13.0. The van der Waals surface area contributed by atoms with Crippen LogP contribution in [0.4, 0.5) is 21.3 Å². The van der Waals surface area contributed by atoms with Crippen molar-refractivity contribution in [2.75, 3.05) is 35.3 Å². The monoisotopic (exact) mass is 605 g/mol. The quantitative estimate of drug-likeness (QED) is 0.210. The van der Waals surface area contributed by atoms with Crippen LogP contribution in [0, 0.1) is 0 Å². The molecule has 3 amide bonds. The highest BCUT2D eigenvalue weighted by Gasteiger charge is 2.25. The minimum absolute atomic E-state index is 0.121. The van der Waals surface area contributed by atoms with Crippen LogP contribution < -0.4 is 20.3 Å². The van der Waals surface area contributed by atoms with Crippen molar-refractivity contribution in [1.82, 2.24) is 19.9 Å². The van der Waals surface area contributed by atoms with Crippen molar-refractivity contribution in [2.24, 2.45) is 0 Å². The van der Waals surface area contributed by atoms with Gasteiger partial charge in [-0.1, -0.05) is 41.7 Å². The highest BCUT2D eigenvalue weighted by Crippen LogP contribution is 2.34. The van der Waals surface area contributed by atoms with Gasteiger partial charge in [0.25, 0.3) is 0 Å². The molecule has 2 fully saturated rings. The molecule has 0 bridgehead atoms. The van der Waals surface area contributed by atoms with Crippen molar-refractivity contribution < 1.29 is 19.1 Å². The summed E-state index contributed by atoms with van der Waals surface area (Å²) in [6, 6.07) is 18.8. The molecule has 3 aromatic heterocycles. The van der Waals surface area contributed by atoms with Gasteiger partial charge in [-0.15, -0.1) is 0 Å². The first-order chi connectivity index (χ1) is 21.6. The molecule has 2 N–H and O–H groups in total. The summed E-state index contributed by atoms with van der Waals surface area (Å²) in [4.78, 5) is 45.3. The smallest absolute Gasteiger partial charge is 0.323 e. The number of ether oxygens (including phenoxy) is 2. The minimum Gasteiger partial charge on any atom is -0.424 e. The van der Waals surface area contributed by atoms with E-state index in [1.165, 1.54) is 23.7 Å². The number of thiazole rings is 1. The van der Waals surface area contributed by atoms with Crippen molar-refractivity contribution in [3.63, 3.8) is 0 Å². The zero-order valence-electron chi connectivity index (χ0n) is 23.5. The molecule has 0 saturated carbocycles. The number of benzene rings is 2. The molecule has 2 aliphatic rings. The number of aromatic nitrogens is 4. The molecule has 2 saturated heterocycles. The number of rotatable bonds is 8. The Kier molecular flexibility index (Phi) is 7.65. The van der Waals surface area contributed by atoms with Gasteiger partial charge in [0.1, 0.15) is 5.75 Å². The van der Waals surface area contributed by atoms with E-state index >= 15 is 0 Å². The Morgan fingerprint density at radius 1 is 0.909 bits per heavy atom. The largest absolute Gasteiger partial charge is 0.424 e. The van der Waals surface area contributed by atoms with Crippen LogP contribution in [0.2, 0.25) is 0 Å². The third-order valence-electron chi connectivity index (χ3n) is 7.35. The number of nitrogens with zero attached hydrogens (tertiary/aromatic N) is 5. The molecule has 5 aromatic rings. The maximum absolute atomic E-state index is 13.0. The molecule has 0 spiro atoms. The van der Waals surface area contributed by atoms with E-state index in [9.17, 15) is 9.59 Å². The molecule has 2 aliphatic heterocycles. The molecule has 44 heavy (non-hydrogen) atoms. The van der Waals surface area contributed by atoms with Crippen LogP contribution in [0.15, 0.2) is 85.5 Å². The van der Waals surface area contributed by atoms with Gasteiger partial charge in [0, 0.05) is 36.8 Å². The Balaban J connectivity index is 0.983. The molecular formula is C32H27N7O4S. The molecular weight excluding hydrogens is 578 g/mol. The molecule has 5 heterocycles. The van der Waals surface area contributed by atoms with Crippen LogP contribution in [0.1, 0.15) is 24.3 Å². The predicted molar refractivity (Wildman–Crippen MR) is 167 cm³/mol. The molecule has 0 atom stereocenters.